The van der Waals surface area contributed by atoms with Crippen molar-refractivity contribution in [1.82, 2.24) is 24.4 Å². The van der Waals surface area contributed by atoms with Gasteiger partial charge in [-0.1, -0.05) is 11.3 Å². The Morgan fingerprint density at radius 2 is 2.09 bits per heavy atom. The molecule has 1 fully saturated rings. The maximum Gasteiger partial charge on any atom is 0.230 e. The lowest BCUT2D eigenvalue weighted by Gasteiger charge is -2.37. The number of hydrogen-bond donors (Lipinski definition) is 1. The number of aromatic nitrogens is 3. The number of aromatic hydroxyl groups is 1. The van der Waals surface area contributed by atoms with E-state index in [-0.39, 0.29) is 11.9 Å². The van der Waals surface area contributed by atoms with Gasteiger partial charge >= 0.3 is 0 Å². The molecule has 6 nitrogen and oxygen atoms in total. The largest absolute Gasteiger partial charge is 0.492 e. The highest BCUT2D eigenvalue weighted by Gasteiger charge is 2.30. The van der Waals surface area contributed by atoms with E-state index in [9.17, 15) is 5.11 Å². The topological polar surface area (TPSA) is 56.9 Å². The van der Waals surface area contributed by atoms with Crippen LogP contribution in [0.15, 0.2) is 23.2 Å². The number of hydrogen-bond acceptors (Lipinski definition) is 7. The van der Waals surface area contributed by atoms with Gasteiger partial charge in [-0.25, -0.2) is 4.98 Å². The van der Waals surface area contributed by atoms with Crippen LogP contribution in [-0.4, -0.2) is 62.7 Å². The molecule has 4 heterocycles. The normalized spacial score (nSPS) is 19.0. The molecular formula is C14H17N5OS2. The summed E-state index contributed by atoms with van der Waals surface area (Å²) in [6.07, 6.45) is 1.48. The van der Waals surface area contributed by atoms with Crippen molar-refractivity contribution in [1.29, 1.82) is 0 Å². The van der Waals surface area contributed by atoms with Gasteiger partial charge in [0.15, 0.2) is 0 Å². The zero-order valence-electron chi connectivity index (χ0n) is 12.2. The van der Waals surface area contributed by atoms with E-state index in [2.05, 4.69) is 43.8 Å². The van der Waals surface area contributed by atoms with Crippen LogP contribution in [-0.2, 0) is 0 Å². The number of piperazine rings is 1. The van der Waals surface area contributed by atoms with Crippen LogP contribution in [0.5, 0.6) is 5.88 Å². The molecule has 0 bridgehead atoms. The summed E-state index contributed by atoms with van der Waals surface area (Å²) >= 11 is 3.21. The van der Waals surface area contributed by atoms with Crippen molar-refractivity contribution >= 4 is 27.6 Å². The third-order valence-electron chi connectivity index (χ3n) is 4.15. The molecule has 0 amide bonds. The van der Waals surface area contributed by atoms with Crippen LogP contribution in [0.25, 0.3) is 4.96 Å². The molecule has 0 unspecified atom stereocenters. The Labute approximate surface area is 136 Å². The fourth-order valence-electron chi connectivity index (χ4n) is 2.91. The minimum atomic E-state index is 0.0773. The number of rotatable bonds is 3. The van der Waals surface area contributed by atoms with Crippen molar-refractivity contribution in [3.8, 4) is 5.88 Å². The predicted octanol–water partition coefficient (Wildman–Crippen LogP) is 1.89. The molecule has 22 heavy (non-hydrogen) atoms. The van der Waals surface area contributed by atoms with E-state index >= 15 is 0 Å². The average molecular weight is 335 g/mol. The van der Waals surface area contributed by atoms with E-state index < -0.39 is 0 Å². The highest BCUT2D eigenvalue weighted by Crippen LogP contribution is 2.40. The number of nitrogens with zero attached hydrogens (tertiary/aromatic N) is 5. The number of thiophene rings is 1. The van der Waals surface area contributed by atoms with Crippen molar-refractivity contribution in [2.45, 2.75) is 6.04 Å². The van der Waals surface area contributed by atoms with Crippen LogP contribution in [0.1, 0.15) is 16.5 Å². The van der Waals surface area contributed by atoms with Crippen molar-refractivity contribution in [2.75, 3.05) is 33.2 Å². The minimum absolute atomic E-state index is 0.0773. The Hall–Kier alpha value is -1.48. The van der Waals surface area contributed by atoms with Crippen LogP contribution in [0.3, 0.4) is 0 Å². The average Bonchev–Trinajstić information content (AvgIpc) is 3.23. The zero-order valence-corrected chi connectivity index (χ0v) is 13.8. The maximum absolute atomic E-state index is 10.6. The fraction of sp³-hybridized carbons (Fsp3) is 0.429. The second kappa shape index (κ2) is 5.62. The van der Waals surface area contributed by atoms with Gasteiger partial charge < -0.3 is 10.0 Å². The number of fused-ring (bicyclic) bond motifs is 1. The molecule has 3 aromatic heterocycles. The predicted molar refractivity (Wildman–Crippen MR) is 87.8 cm³/mol. The summed E-state index contributed by atoms with van der Waals surface area (Å²) < 4.78 is 1.52. The van der Waals surface area contributed by atoms with Crippen molar-refractivity contribution in [3.05, 3.63) is 33.6 Å². The standard InChI is InChI=1S/C14H17N5OS2/c1-17-3-5-18(6-4-17)11(10-2-7-21-8-10)12-13(20)19-14(22-12)15-9-16-19/h2,7-9,11,20H,3-6H2,1H3/t11-/m1/s1. The molecule has 4 rings (SSSR count). The van der Waals surface area contributed by atoms with Gasteiger partial charge in [-0.15, -0.1) is 0 Å². The van der Waals surface area contributed by atoms with Gasteiger partial charge in [0, 0.05) is 26.2 Å². The third-order valence-corrected chi connectivity index (χ3v) is 5.94. The van der Waals surface area contributed by atoms with E-state index in [1.54, 1.807) is 11.3 Å². The van der Waals surface area contributed by atoms with E-state index in [0.29, 0.717) is 0 Å². The van der Waals surface area contributed by atoms with Crippen LogP contribution < -0.4 is 0 Å². The van der Waals surface area contributed by atoms with Gasteiger partial charge in [-0.05, 0) is 29.4 Å². The lowest BCUT2D eigenvalue weighted by molar-refractivity contribution is 0.127. The highest BCUT2D eigenvalue weighted by molar-refractivity contribution is 7.17. The molecule has 1 saturated heterocycles. The van der Waals surface area contributed by atoms with E-state index in [0.717, 1.165) is 36.0 Å². The van der Waals surface area contributed by atoms with Gasteiger partial charge in [0.05, 0.1) is 10.9 Å². The van der Waals surface area contributed by atoms with Crippen LogP contribution in [0.4, 0.5) is 0 Å². The molecule has 1 aliphatic rings. The first-order valence-electron chi connectivity index (χ1n) is 7.20. The Morgan fingerprint density at radius 3 is 2.77 bits per heavy atom. The third kappa shape index (κ3) is 2.32. The molecular weight excluding hydrogens is 318 g/mol. The molecule has 0 spiro atoms. The first kappa shape index (κ1) is 14.1. The van der Waals surface area contributed by atoms with Gasteiger partial charge in [0.1, 0.15) is 6.33 Å². The lowest BCUT2D eigenvalue weighted by Crippen LogP contribution is -2.46. The van der Waals surface area contributed by atoms with E-state index in [1.165, 1.54) is 27.7 Å². The quantitative estimate of drug-likeness (QED) is 0.792. The molecule has 1 N–H and O–H groups in total. The summed E-state index contributed by atoms with van der Waals surface area (Å²) in [6, 6.07) is 2.22. The fourth-order valence-corrected chi connectivity index (χ4v) is 4.68. The monoisotopic (exact) mass is 335 g/mol. The first-order valence-corrected chi connectivity index (χ1v) is 8.96. The Bertz CT molecular complexity index is 757. The second-order valence-corrected chi connectivity index (χ2v) is 7.33. The van der Waals surface area contributed by atoms with Crippen LogP contribution in [0, 0.1) is 0 Å². The Kier molecular flexibility index (Phi) is 3.61. The summed E-state index contributed by atoms with van der Waals surface area (Å²) in [5.74, 6) is 0.215. The van der Waals surface area contributed by atoms with Gasteiger partial charge in [0.2, 0.25) is 10.8 Å². The molecule has 0 radical (unpaired) electrons. The Morgan fingerprint density at radius 1 is 1.27 bits per heavy atom. The molecule has 116 valence electrons. The Balaban J connectivity index is 1.77. The summed E-state index contributed by atoms with van der Waals surface area (Å²) in [5.41, 5.74) is 1.23. The molecule has 0 aliphatic carbocycles. The minimum Gasteiger partial charge on any atom is -0.492 e. The molecule has 8 heteroatoms. The number of thiazole rings is 1. The molecule has 1 aliphatic heterocycles. The van der Waals surface area contributed by atoms with Crippen molar-refractivity contribution in [2.24, 2.45) is 0 Å². The lowest BCUT2D eigenvalue weighted by atomic mass is 10.1. The highest BCUT2D eigenvalue weighted by atomic mass is 32.1. The van der Waals surface area contributed by atoms with Crippen molar-refractivity contribution in [3.63, 3.8) is 0 Å². The smallest absolute Gasteiger partial charge is 0.230 e. The number of likely N-dealkylation sites (N-methyl/N-ethyl adjacent to an activating group) is 1. The van der Waals surface area contributed by atoms with Gasteiger partial charge in [0.25, 0.3) is 0 Å². The van der Waals surface area contributed by atoms with E-state index in [4.69, 9.17) is 0 Å². The molecule has 1 atom stereocenters. The molecule has 0 saturated carbocycles. The summed E-state index contributed by atoms with van der Waals surface area (Å²) in [5, 5.41) is 18.9. The summed E-state index contributed by atoms with van der Waals surface area (Å²) in [4.78, 5) is 10.6. The maximum atomic E-state index is 10.6. The van der Waals surface area contributed by atoms with Crippen molar-refractivity contribution < 1.29 is 5.11 Å². The second-order valence-electron chi connectivity index (χ2n) is 5.54. The summed E-state index contributed by atoms with van der Waals surface area (Å²) in [6.45, 7) is 4.07. The SMILES string of the molecule is CN1CCN([C@H](c2ccsc2)c2sc3ncnn3c2O)CC1. The summed E-state index contributed by atoms with van der Waals surface area (Å²) in [7, 11) is 2.15. The zero-order chi connectivity index (χ0) is 15.1. The van der Waals surface area contributed by atoms with Gasteiger partial charge in [-0.3, -0.25) is 4.90 Å². The van der Waals surface area contributed by atoms with Crippen LogP contribution >= 0.6 is 22.7 Å². The molecule has 3 aromatic rings. The first-order chi connectivity index (χ1) is 10.7. The molecule has 0 aromatic carbocycles. The van der Waals surface area contributed by atoms with Gasteiger partial charge in [-0.2, -0.15) is 21.0 Å². The van der Waals surface area contributed by atoms with Crippen LogP contribution in [0.2, 0.25) is 0 Å². The van der Waals surface area contributed by atoms with E-state index in [1.807, 2.05) is 0 Å².